The summed E-state index contributed by atoms with van der Waals surface area (Å²) in [6.07, 6.45) is 25.8. The van der Waals surface area contributed by atoms with Crippen LogP contribution in [-0.4, -0.2) is 92.3 Å². The van der Waals surface area contributed by atoms with Gasteiger partial charge in [0.25, 0.3) is 0 Å². The molecule has 8 aromatic rings. The SMILES string of the molecule is C#CCCN(Cc1ccccn1)Cc1ccccn1.C#CCN(Cc1ccccn1)Cc1ccccn1.[N-]=[N+]=NCCN(Cc1ccccn1)Cc1ccccn1.[N-]=[N+]=NCN(Cc1ccccn1)Cc1ccccn1. The molecule has 0 amide bonds. The van der Waals surface area contributed by atoms with Crippen LogP contribution in [0.2, 0.25) is 0 Å². The monoisotopic (exact) mass is 1010 g/mol. The summed E-state index contributed by atoms with van der Waals surface area (Å²) in [5, 5.41) is 7.21. The minimum absolute atomic E-state index is 0.295. The fraction of sp³-hybridized carbons (Fsp3) is 0.241. The van der Waals surface area contributed by atoms with Gasteiger partial charge in [-0.15, -0.1) is 18.8 Å². The van der Waals surface area contributed by atoms with Crippen LogP contribution >= 0.6 is 0 Å². The first-order chi connectivity index (χ1) is 37.5. The van der Waals surface area contributed by atoms with E-state index in [9.17, 15) is 0 Å². The molecule has 0 aliphatic heterocycles. The van der Waals surface area contributed by atoms with E-state index in [-0.39, 0.29) is 0 Å². The summed E-state index contributed by atoms with van der Waals surface area (Å²) in [4.78, 5) is 48.7. The van der Waals surface area contributed by atoms with Crippen LogP contribution in [0.5, 0.6) is 0 Å². The molecule has 8 rings (SSSR count). The molecule has 0 fully saturated rings. The van der Waals surface area contributed by atoms with E-state index in [1.807, 2.05) is 163 Å². The van der Waals surface area contributed by atoms with Crippen molar-refractivity contribution in [2.45, 2.75) is 58.8 Å². The number of aromatic nitrogens is 8. The van der Waals surface area contributed by atoms with Crippen LogP contribution in [0.25, 0.3) is 20.9 Å². The van der Waals surface area contributed by atoms with Gasteiger partial charge in [-0.25, -0.2) is 0 Å². The molecule has 8 heterocycles. The van der Waals surface area contributed by atoms with Gasteiger partial charge in [-0.2, -0.15) is 0 Å². The molecule has 8 aromatic heterocycles. The predicted octanol–water partition coefficient (Wildman–Crippen LogP) is 10.1. The van der Waals surface area contributed by atoms with Crippen molar-refractivity contribution in [1.29, 1.82) is 0 Å². The van der Waals surface area contributed by atoms with Gasteiger partial charge < -0.3 is 0 Å². The summed E-state index contributed by atoms with van der Waals surface area (Å²) in [7, 11) is 0. The lowest BCUT2D eigenvalue weighted by atomic mass is 10.2. The highest BCUT2D eigenvalue weighted by Gasteiger charge is 2.11. The maximum absolute atomic E-state index is 8.45. The summed E-state index contributed by atoms with van der Waals surface area (Å²) in [5.74, 6) is 5.37. The summed E-state index contributed by atoms with van der Waals surface area (Å²) in [5.41, 5.74) is 24.8. The third-order valence-electron chi connectivity index (χ3n) is 10.7. The van der Waals surface area contributed by atoms with Crippen molar-refractivity contribution < 1.29 is 0 Å². The Bertz CT molecular complexity index is 2760. The number of hydrogen-bond donors (Lipinski definition) is 0. The van der Waals surface area contributed by atoms with Gasteiger partial charge in [0.05, 0.1) is 58.8 Å². The average molecular weight is 1010 g/mol. The lowest BCUT2D eigenvalue weighted by Gasteiger charge is -2.20. The molecule has 0 aromatic carbocycles. The first kappa shape index (κ1) is 57.7. The number of rotatable bonds is 24. The van der Waals surface area contributed by atoms with Gasteiger partial charge in [0.1, 0.15) is 0 Å². The summed E-state index contributed by atoms with van der Waals surface area (Å²) >= 11 is 0. The van der Waals surface area contributed by atoms with Crippen LogP contribution in [0.1, 0.15) is 52.0 Å². The van der Waals surface area contributed by atoms with Crippen molar-refractivity contribution >= 4 is 0 Å². The smallest absolute Gasteiger partial charge is 0.0780 e. The maximum atomic E-state index is 8.45. The van der Waals surface area contributed by atoms with E-state index in [1.54, 1.807) is 37.2 Å². The largest absolute Gasteiger partial charge is 0.292 e. The molecule has 0 radical (unpaired) electrons. The van der Waals surface area contributed by atoms with E-state index in [0.717, 1.165) is 84.7 Å². The van der Waals surface area contributed by atoms with Gasteiger partial charge in [-0.05, 0) is 108 Å². The molecule has 0 bridgehead atoms. The average Bonchev–Trinajstić information content (AvgIpc) is 3.47. The molecule has 0 N–H and O–H groups in total. The molecular formula is C58H62N18. The Kier molecular flexibility index (Phi) is 27.8. The third kappa shape index (κ3) is 24.9. The quantitative estimate of drug-likeness (QED) is 0.0239. The molecule has 0 spiro atoms. The van der Waals surface area contributed by atoms with Crippen LogP contribution in [0.15, 0.2) is 205 Å². The molecule has 0 saturated carbocycles. The topological polar surface area (TPSA) is 214 Å². The second-order valence-electron chi connectivity index (χ2n) is 16.6. The molecule has 18 nitrogen and oxygen atoms in total. The molecule has 0 saturated heterocycles. The maximum Gasteiger partial charge on any atom is 0.0780 e. The molecule has 0 aliphatic rings. The molecule has 76 heavy (non-hydrogen) atoms. The van der Waals surface area contributed by atoms with Gasteiger partial charge in [0.15, 0.2) is 0 Å². The molecular weight excluding hydrogens is 949 g/mol. The van der Waals surface area contributed by atoms with Crippen molar-refractivity contribution in [3.05, 3.63) is 262 Å². The summed E-state index contributed by atoms with van der Waals surface area (Å²) in [6.45, 7) is 8.57. The second-order valence-corrected chi connectivity index (χ2v) is 16.6. The number of terminal acetylenes is 2. The van der Waals surface area contributed by atoms with Crippen LogP contribution < -0.4 is 0 Å². The molecule has 18 heteroatoms. The molecule has 0 unspecified atom stereocenters. The highest BCUT2D eigenvalue weighted by atomic mass is 15.3. The van der Waals surface area contributed by atoms with Crippen LogP contribution in [-0.2, 0) is 52.4 Å². The Morgan fingerprint density at radius 3 is 0.882 bits per heavy atom. The Labute approximate surface area is 445 Å². The van der Waals surface area contributed by atoms with E-state index in [2.05, 4.69) is 86.5 Å². The number of azide groups is 2. The van der Waals surface area contributed by atoms with Gasteiger partial charge in [-0.3, -0.25) is 59.5 Å². The van der Waals surface area contributed by atoms with Crippen LogP contribution in [0, 0.1) is 24.7 Å². The van der Waals surface area contributed by atoms with Gasteiger partial charge in [-0.1, -0.05) is 64.7 Å². The van der Waals surface area contributed by atoms with E-state index >= 15 is 0 Å². The van der Waals surface area contributed by atoms with Crippen molar-refractivity contribution in [3.63, 3.8) is 0 Å². The van der Waals surface area contributed by atoms with Crippen molar-refractivity contribution in [2.75, 3.05) is 32.8 Å². The number of pyridine rings is 8. The van der Waals surface area contributed by atoms with Gasteiger partial charge in [0.2, 0.25) is 0 Å². The van der Waals surface area contributed by atoms with Gasteiger partial charge >= 0.3 is 0 Å². The lowest BCUT2D eigenvalue weighted by molar-refractivity contribution is 0.257. The highest BCUT2D eigenvalue weighted by molar-refractivity contribution is 5.11. The van der Waals surface area contributed by atoms with Crippen molar-refractivity contribution in [1.82, 2.24) is 59.5 Å². The fourth-order valence-corrected chi connectivity index (χ4v) is 7.22. The van der Waals surface area contributed by atoms with Crippen molar-refractivity contribution in [3.8, 4) is 24.7 Å². The zero-order valence-corrected chi connectivity index (χ0v) is 42.6. The van der Waals surface area contributed by atoms with E-state index in [4.69, 9.17) is 23.9 Å². The first-order valence-electron chi connectivity index (χ1n) is 24.5. The van der Waals surface area contributed by atoms with Crippen molar-refractivity contribution in [2.24, 2.45) is 10.2 Å². The van der Waals surface area contributed by atoms with E-state index in [1.165, 1.54) is 0 Å². The van der Waals surface area contributed by atoms with Crippen LogP contribution in [0.4, 0.5) is 0 Å². The minimum Gasteiger partial charge on any atom is -0.292 e. The molecule has 0 atom stereocenters. The first-order valence-corrected chi connectivity index (χ1v) is 24.5. The number of hydrogen-bond acceptors (Lipinski definition) is 14. The lowest BCUT2D eigenvalue weighted by Crippen LogP contribution is -2.26. The fourth-order valence-electron chi connectivity index (χ4n) is 7.22. The minimum atomic E-state index is 0.295. The Morgan fingerprint density at radius 2 is 0.632 bits per heavy atom. The second kappa shape index (κ2) is 36.7. The van der Waals surface area contributed by atoms with E-state index < -0.39 is 0 Å². The summed E-state index contributed by atoms with van der Waals surface area (Å²) < 4.78 is 0. The van der Waals surface area contributed by atoms with Crippen LogP contribution in [0.3, 0.4) is 0 Å². The zero-order chi connectivity index (χ0) is 53.4. The zero-order valence-electron chi connectivity index (χ0n) is 42.6. The molecule has 384 valence electrons. The molecule has 0 aliphatic carbocycles. The standard InChI is InChI=1S/C16H17N3.C15H15N3.C14H16N6.C13H14N6/c1-2-3-12-19(13-15-8-4-6-10-17-15)14-16-9-5-7-11-18-16;1-2-11-18(12-14-7-3-5-9-16-14)13-15-8-4-6-10-17-15;15-19-18-9-10-20(11-13-5-1-3-7-16-13)12-14-6-2-4-8-17-14;14-18-17-11-19(9-12-5-1-3-7-15-12)10-13-6-2-4-8-16-13/h1,4-11H,3,12-14H2;1,3-10H,11-13H2;1-8H,9-12H2;1-8H,9-11H2. The Balaban J connectivity index is 0.000000187. The number of nitrogens with zero attached hydrogens (tertiary/aromatic N) is 18. The van der Waals surface area contributed by atoms with Gasteiger partial charge in [0, 0.05) is 138 Å². The highest BCUT2D eigenvalue weighted by Crippen LogP contribution is 2.11. The van der Waals surface area contributed by atoms with E-state index in [0.29, 0.717) is 52.5 Å². The third-order valence-corrected chi connectivity index (χ3v) is 10.7. The normalized spacial score (nSPS) is 10.2. The Morgan fingerprint density at radius 1 is 0.355 bits per heavy atom. The summed E-state index contributed by atoms with van der Waals surface area (Å²) in [6, 6.07) is 46.9. The predicted molar refractivity (Wildman–Crippen MR) is 296 cm³/mol. The Hall–Kier alpha value is -9.22.